The molecule has 0 aliphatic heterocycles. The van der Waals surface area contributed by atoms with E-state index in [2.05, 4.69) is 4.98 Å². The van der Waals surface area contributed by atoms with Gasteiger partial charge in [0.15, 0.2) is 5.78 Å². The molecule has 2 rings (SSSR count). The average Bonchev–Trinajstić information content (AvgIpc) is 2.29. The Morgan fingerprint density at radius 3 is 2.50 bits per heavy atom. The van der Waals surface area contributed by atoms with E-state index in [0.717, 1.165) is 0 Å². The third-order valence-electron chi connectivity index (χ3n) is 2.18. The van der Waals surface area contributed by atoms with Crippen LogP contribution in [-0.4, -0.2) is 10.8 Å². The lowest BCUT2D eigenvalue weighted by Gasteiger charge is -2.04. The molecule has 1 aromatic heterocycles. The predicted molar refractivity (Wildman–Crippen MR) is 63.5 cm³/mol. The largest absolute Gasteiger partial charge is 0.399 e. The molecule has 0 unspecified atom stereocenters. The van der Waals surface area contributed by atoms with Crippen molar-refractivity contribution in [3.8, 4) is 0 Å². The monoisotopic (exact) mass is 232 g/mol. The van der Waals surface area contributed by atoms with Gasteiger partial charge in [-0.25, -0.2) is 0 Å². The Kier molecular flexibility index (Phi) is 2.88. The summed E-state index contributed by atoms with van der Waals surface area (Å²) in [6.07, 6.45) is 3.14. The lowest BCUT2D eigenvalue weighted by Crippen LogP contribution is -2.02. The Labute approximate surface area is 97.9 Å². The predicted octanol–water partition coefficient (Wildman–Crippen LogP) is 2.55. The van der Waals surface area contributed by atoms with Crippen molar-refractivity contribution in [3.63, 3.8) is 0 Å². The van der Waals surface area contributed by atoms with Crippen LogP contribution in [0.5, 0.6) is 0 Å². The Balaban J connectivity index is 2.42. The standard InChI is InChI=1S/C12H9ClN2O/c13-11-7-9(14)1-2-10(11)12(16)8-3-5-15-6-4-8/h1-7H,14H2. The number of benzene rings is 1. The Hall–Kier alpha value is -1.87. The summed E-state index contributed by atoms with van der Waals surface area (Å²) in [6.45, 7) is 0. The van der Waals surface area contributed by atoms with E-state index < -0.39 is 0 Å². The van der Waals surface area contributed by atoms with Crippen LogP contribution >= 0.6 is 11.6 Å². The highest BCUT2D eigenvalue weighted by Gasteiger charge is 2.12. The minimum absolute atomic E-state index is 0.132. The molecule has 0 atom stereocenters. The van der Waals surface area contributed by atoms with Gasteiger partial charge in [0.1, 0.15) is 0 Å². The highest BCUT2D eigenvalue weighted by molar-refractivity contribution is 6.35. The molecule has 0 amide bonds. The number of rotatable bonds is 2. The lowest BCUT2D eigenvalue weighted by molar-refractivity contribution is 0.103. The SMILES string of the molecule is Nc1ccc(C(=O)c2ccncc2)c(Cl)c1. The molecule has 16 heavy (non-hydrogen) atoms. The van der Waals surface area contributed by atoms with E-state index >= 15 is 0 Å². The van der Waals surface area contributed by atoms with Gasteiger partial charge >= 0.3 is 0 Å². The summed E-state index contributed by atoms with van der Waals surface area (Å²) in [5.41, 5.74) is 7.10. The van der Waals surface area contributed by atoms with Gasteiger partial charge in [0.2, 0.25) is 0 Å². The zero-order valence-electron chi connectivity index (χ0n) is 8.35. The zero-order valence-corrected chi connectivity index (χ0v) is 9.11. The molecule has 1 heterocycles. The molecular weight excluding hydrogens is 224 g/mol. The maximum Gasteiger partial charge on any atom is 0.194 e. The first-order valence-electron chi connectivity index (χ1n) is 4.68. The number of carbonyl (C=O) groups excluding carboxylic acids is 1. The van der Waals surface area contributed by atoms with Crippen LogP contribution in [-0.2, 0) is 0 Å². The van der Waals surface area contributed by atoms with Crippen LogP contribution in [0.1, 0.15) is 15.9 Å². The zero-order chi connectivity index (χ0) is 11.5. The molecule has 2 aromatic rings. The summed E-state index contributed by atoms with van der Waals surface area (Å²) in [5.74, 6) is -0.132. The number of hydrogen-bond acceptors (Lipinski definition) is 3. The summed E-state index contributed by atoms with van der Waals surface area (Å²) < 4.78 is 0. The van der Waals surface area contributed by atoms with Crippen LogP contribution in [0, 0.1) is 0 Å². The number of aromatic nitrogens is 1. The molecule has 0 saturated carbocycles. The first-order chi connectivity index (χ1) is 7.68. The van der Waals surface area contributed by atoms with Gasteiger partial charge < -0.3 is 5.73 Å². The second kappa shape index (κ2) is 4.33. The number of nitrogens with two attached hydrogens (primary N) is 1. The maximum absolute atomic E-state index is 12.0. The smallest absolute Gasteiger partial charge is 0.194 e. The van der Waals surface area contributed by atoms with Crippen molar-refractivity contribution in [3.05, 3.63) is 58.9 Å². The molecular formula is C12H9ClN2O. The number of nitrogen functional groups attached to an aromatic ring is 1. The summed E-state index contributed by atoms with van der Waals surface area (Å²) in [7, 11) is 0. The number of hydrogen-bond donors (Lipinski definition) is 1. The Morgan fingerprint density at radius 2 is 1.88 bits per heavy atom. The number of halogens is 1. The first-order valence-corrected chi connectivity index (χ1v) is 5.06. The van der Waals surface area contributed by atoms with Crippen LogP contribution in [0.4, 0.5) is 5.69 Å². The molecule has 0 radical (unpaired) electrons. The van der Waals surface area contributed by atoms with Crippen molar-refractivity contribution in [2.45, 2.75) is 0 Å². The number of anilines is 1. The topological polar surface area (TPSA) is 56.0 Å². The minimum Gasteiger partial charge on any atom is -0.399 e. The van der Waals surface area contributed by atoms with E-state index in [1.807, 2.05) is 0 Å². The second-order valence-electron chi connectivity index (χ2n) is 3.30. The fourth-order valence-corrected chi connectivity index (χ4v) is 1.65. The van der Waals surface area contributed by atoms with Gasteiger partial charge in [-0.2, -0.15) is 0 Å². The van der Waals surface area contributed by atoms with Crippen LogP contribution in [0.25, 0.3) is 0 Å². The van der Waals surface area contributed by atoms with Crippen molar-refractivity contribution >= 4 is 23.1 Å². The van der Waals surface area contributed by atoms with Crippen LogP contribution in [0.2, 0.25) is 5.02 Å². The molecule has 0 aliphatic rings. The van der Waals surface area contributed by atoms with Gasteiger partial charge in [-0.3, -0.25) is 9.78 Å². The van der Waals surface area contributed by atoms with E-state index in [0.29, 0.717) is 21.8 Å². The third kappa shape index (κ3) is 2.04. The van der Waals surface area contributed by atoms with Crippen molar-refractivity contribution in [1.82, 2.24) is 4.98 Å². The molecule has 0 fully saturated rings. The number of nitrogens with zero attached hydrogens (tertiary/aromatic N) is 1. The second-order valence-corrected chi connectivity index (χ2v) is 3.71. The lowest BCUT2D eigenvalue weighted by atomic mass is 10.0. The van der Waals surface area contributed by atoms with Gasteiger partial charge in [-0.05, 0) is 30.3 Å². The highest BCUT2D eigenvalue weighted by Crippen LogP contribution is 2.21. The minimum atomic E-state index is -0.132. The van der Waals surface area contributed by atoms with Gasteiger partial charge in [-0.15, -0.1) is 0 Å². The van der Waals surface area contributed by atoms with E-state index in [-0.39, 0.29) is 5.78 Å². The molecule has 0 bridgehead atoms. The molecule has 2 N–H and O–H groups in total. The van der Waals surface area contributed by atoms with Crippen molar-refractivity contribution < 1.29 is 4.79 Å². The van der Waals surface area contributed by atoms with E-state index in [4.69, 9.17) is 17.3 Å². The third-order valence-corrected chi connectivity index (χ3v) is 2.49. The normalized spacial score (nSPS) is 10.1. The summed E-state index contributed by atoms with van der Waals surface area (Å²) in [5, 5.41) is 0.363. The molecule has 0 spiro atoms. The summed E-state index contributed by atoms with van der Waals surface area (Å²) in [6, 6.07) is 8.14. The van der Waals surface area contributed by atoms with Gasteiger partial charge in [0.25, 0.3) is 0 Å². The summed E-state index contributed by atoms with van der Waals surface area (Å²) >= 11 is 5.96. The molecule has 3 nitrogen and oxygen atoms in total. The van der Waals surface area contributed by atoms with E-state index in [9.17, 15) is 4.79 Å². The Bertz CT molecular complexity index is 526. The first kappa shape index (κ1) is 10.6. The van der Waals surface area contributed by atoms with Crippen LogP contribution < -0.4 is 5.73 Å². The fourth-order valence-electron chi connectivity index (χ4n) is 1.37. The van der Waals surface area contributed by atoms with Gasteiger partial charge in [0, 0.05) is 29.2 Å². The quantitative estimate of drug-likeness (QED) is 0.640. The van der Waals surface area contributed by atoms with Gasteiger partial charge in [0.05, 0.1) is 5.02 Å². The van der Waals surface area contributed by atoms with Crippen molar-refractivity contribution in [2.75, 3.05) is 5.73 Å². The molecule has 0 saturated heterocycles. The molecule has 4 heteroatoms. The molecule has 80 valence electrons. The van der Waals surface area contributed by atoms with Crippen molar-refractivity contribution in [1.29, 1.82) is 0 Å². The summed E-state index contributed by atoms with van der Waals surface area (Å²) in [4.78, 5) is 15.9. The highest BCUT2D eigenvalue weighted by atomic mass is 35.5. The fraction of sp³-hybridized carbons (Fsp3) is 0. The molecule has 0 aliphatic carbocycles. The van der Waals surface area contributed by atoms with Gasteiger partial charge in [-0.1, -0.05) is 11.6 Å². The number of pyridine rings is 1. The Morgan fingerprint density at radius 1 is 1.19 bits per heavy atom. The number of carbonyl (C=O) groups is 1. The maximum atomic E-state index is 12.0. The number of ketones is 1. The molecule has 1 aromatic carbocycles. The van der Waals surface area contributed by atoms with E-state index in [1.165, 1.54) is 0 Å². The van der Waals surface area contributed by atoms with Crippen molar-refractivity contribution in [2.24, 2.45) is 0 Å². The van der Waals surface area contributed by atoms with E-state index in [1.54, 1.807) is 42.7 Å². The van der Waals surface area contributed by atoms with Crippen LogP contribution in [0.3, 0.4) is 0 Å². The van der Waals surface area contributed by atoms with Crippen LogP contribution in [0.15, 0.2) is 42.7 Å². The average molecular weight is 233 g/mol.